The first-order valence-corrected chi connectivity index (χ1v) is 10.2. The molecule has 0 aromatic carbocycles. The molecule has 1 saturated heterocycles. The molecule has 1 aromatic heterocycles. The Labute approximate surface area is 172 Å². The van der Waals surface area contributed by atoms with Gasteiger partial charge in [0.15, 0.2) is 0 Å². The predicted octanol–water partition coefficient (Wildman–Crippen LogP) is 3.74. The maximum absolute atomic E-state index is 12.5. The number of nitrogens with zero attached hydrogens (tertiary/aromatic N) is 4. The number of halogens is 1. The fourth-order valence-electron chi connectivity index (χ4n) is 2.91. The van der Waals surface area contributed by atoms with Crippen LogP contribution in [0.5, 0.6) is 0 Å². The summed E-state index contributed by atoms with van der Waals surface area (Å²) in [5.74, 6) is -0.0967. The van der Waals surface area contributed by atoms with Gasteiger partial charge in [-0.05, 0) is 40.2 Å². The second-order valence-electron chi connectivity index (χ2n) is 7.99. The molecular weight excluding hydrogens is 380 g/mol. The van der Waals surface area contributed by atoms with Gasteiger partial charge in [-0.25, -0.2) is 4.79 Å². The second-order valence-corrected chi connectivity index (χ2v) is 8.35. The topological polar surface area (TPSA) is 67.7 Å². The van der Waals surface area contributed by atoms with E-state index >= 15 is 0 Å². The fourth-order valence-corrected chi connectivity index (χ4v) is 3.23. The number of aromatic nitrogens is 2. The molecule has 1 aliphatic heterocycles. The number of carbonyl (C=O) groups excluding carboxylic acids is 2. The minimum Gasteiger partial charge on any atom is -0.444 e. The maximum atomic E-state index is 12.5. The third-order valence-electron chi connectivity index (χ3n) is 4.47. The van der Waals surface area contributed by atoms with E-state index in [0.29, 0.717) is 31.3 Å². The summed E-state index contributed by atoms with van der Waals surface area (Å²) in [5.41, 5.74) is 1.06. The lowest BCUT2D eigenvalue weighted by atomic mass is 10.2. The summed E-state index contributed by atoms with van der Waals surface area (Å²) in [5, 5.41) is 5.01. The van der Waals surface area contributed by atoms with Crippen molar-refractivity contribution in [3.63, 3.8) is 0 Å². The molecule has 0 N–H and O–H groups in total. The first-order valence-electron chi connectivity index (χ1n) is 9.80. The molecule has 1 aromatic rings. The quantitative estimate of drug-likeness (QED) is 0.693. The molecule has 2 heterocycles. The molecule has 7 nitrogen and oxygen atoms in total. The number of hydrogen-bond acceptors (Lipinski definition) is 4. The second kappa shape index (κ2) is 9.45. The summed E-state index contributed by atoms with van der Waals surface area (Å²) < 4.78 is 7.16. The van der Waals surface area contributed by atoms with Crippen molar-refractivity contribution in [3.05, 3.63) is 22.5 Å². The van der Waals surface area contributed by atoms with Crippen LogP contribution in [-0.4, -0.2) is 63.4 Å². The largest absolute Gasteiger partial charge is 0.444 e. The van der Waals surface area contributed by atoms with Crippen molar-refractivity contribution in [2.24, 2.45) is 0 Å². The summed E-state index contributed by atoms with van der Waals surface area (Å²) in [6, 6.07) is 0. The molecule has 28 heavy (non-hydrogen) atoms. The molecule has 1 aliphatic rings. The van der Waals surface area contributed by atoms with Gasteiger partial charge in [0.1, 0.15) is 10.8 Å². The van der Waals surface area contributed by atoms with Crippen LogP contribution < -0.4 is 0 Å². The van der Waals surface area contributed by atoms with Crippen LogP contribution in [0.25, 0.3) is 6.08 Å². The van der Waals surface area contributed by atoms with Gasteiger partial charge in [0.05, 0.1) is 5.69 Å². The smallest absolute Gasteiger partial charge is 0.410 e. The minimum atomic E-state index is -0.522. The van der Waals surface area contributed by atoms with Gasteiger partial charge in [-0.3, -0.25) is 9.48 Å². The van der Waals surface area contributed by atoms with Crippen LogP contribution in [0, 0.1) is 6.92 Å². The van der Waals surface area contributed by atoms with Crippen molar-refractivity contribution < 1.29 is 14.3 Å². The van der Waals surface area contributed by atoms with E-state index in [1.54, 1.807) is 20.6 Å². The highest BCUT2D eigenvalue weighted by molar-refractivity contribution is 6.31. The summed E-state index contributed by atoms with van der Waals surface area (Å²) >= 11 is 6.41. The molecule has 0 atom stereocenters. The SMILES string of the molecule is CCCCn1nc(C)c(/C=C/C(=O)N2CCN(C(=O)OC(C)(C)C)CC2)c1Cl. The Morgan fingerprint density at radius 2 is 1.79 bits per heavy atom. The van der Waals surface area contributed by atoms with Crippen LogP contribution in [0.15, 0.2) is 6.08 Å². The van der Waals surface area contributed by atoms with E-state index in [-0.39, 0.29) is 12.0 Å². The zero-order chi connectivity index (χ0) is 20.9. The van der Waals surface area contributed by atoms with E-state index in [1.807, 2.05) is 27.7 Å². The highest BCUT2D eigenvalue weighted by Crippen LogP contribution is 2.22. The Balaban J connectivity index is 1.92. The van der Waals surface area contributed by atoms with Crippen LogP contribution in [-0.2, 0) is 16.1 Å². The van der Waals surface area contributed by atoms with Crippen molar-refractivity contribution in [1.82, 2.24) is 19.6 Å². The maximum Gasteiger partial charge on any atom is 0.410 e. The van der Waals surface area contributed by atoms with Gasteiger partial charge in [-0.15, -0.1) is 0 Å². The zero-order valence-electron chi connectivity index (χ0n) is 17.5. The molecule has 156 valence electrons. The third kappa shape index (κ3) is 5.99. The first kappa shape index (κ1) is 22.3. The number of rotatable bonds is 5. The molecule has 8 heteroatoms. The molecule has 1 fully saturated rings. The van der Waals surface area contributed by atoms with E-state index in [2.05, 4.69) is 12.0 Å². The molecule has 0 unspecified atom stereocenters. The molecule has 2 amide bonds. The number of amides is 2. The average molecular weight is 411 g/mol. The lowest BCUT2D eigenvalue weighted by Crippen LogP contribution is -2.51. The molecule has 0 aliphatic carbocycles. The Morgan fingerprint density at radius 3 is 2.36 bits per heavy atom. The lowest BCUT2D eigenvalue weighted by molar-refractivity contribution is -0.127. The van der Waals surface area contributed by atoms with E-state index < -0.39 is 5.60 Å². The van der Waals surface area contributed by atoms with Gasteiger partial charge < -0.3 is 14.5 Å². The minimum absolute atomic E-state index is 0.0967. The van der Waals surface area contributed by atoms with Gasteiger partial charge >= 0.3 is 6.09 Å². The predicted molar refractivity (Wildman–Crippen MR) is 110 cm³/mol. The number of piperazine rings is 1. The van der Waals surface area contributed by atoms with E-state index in [9.17, 15) is 9.59 Å². The van der Waals surface area contributed by atoms with Gasteiger partial charge in [0, 0.05) is 44.4 Å². The molecule has 2 rings (SSSR count). The van der Waals surface area contributed by atoms with E-state index in [4.69, 9.17) is 16.3 Å². The van der Waals surface area contributed by atoms with Crippen LogP contribution in [0.4, 0.5) is 4.79 Å². The van der Waals surface area contributed by atoms with Crippen molar-refractivity contribution in [2.75, 3.05) is 26.2 Å². The van der Waals surface area contributed by atoms with Gasteiger partial charge in [0.25, 0.3) is 0 Å². The van der Waals surface area contributed by atoms with Gasteiger partial charge in [-0.2, -0.15) is 5.10 Å². The highest BCUT2D eigenvalue weighted by atomic mass is 35.5. The summed E-state index contributed by atoms with van der Waals surface area (Å²) in [6.45, 7) is 12.2. The lowest BCUT2D eigenvalue weighted by Gasteiger charge is -2.35. The number of carbonyl (C=O) groups is 2. The van der Waals surface area contributed by atoms with Crippen molar-refractivity contribution in [3.8, 4) is 0 Å². The Kier molecular flexibility index (Phi) is 7.52. The zero-order valence-corrected chi connectivity index (χ0v) is 18.3. The molecule has 0 bridgehead atoms. The molecule has 0 radical (unpaired) electrons. The summed E-state index contributed by atoms with van der Waals surface area (Å²) in [4.78, 5) is 28.0. The number of ether oxygens (including phenoxy) is 1. The van der Waals surface area contributed by atoms with Crippen LogP contribution >= 0.6 is 11.6 Å². The van der Waals surface area contributed by atoms with E-state index in [1.165, 1.54) is 6.08 Å². The van der Waals surface area contributed by atoms with E-state index in [0.717, 1.165) is 30.6 Å². The Morgan fingerprint density at radius 1 is 1.18 bits per heavy atom. The first-order chi connectivity index (χ1) is 13.1. The normalized spacial score (nSPS) is 15.4. The highest BCUT2D eigenvalue weighted by Gasteiger charge is 2.27. The average Bonchev–Trinajstić information content (AvgIpc) is 2.90. The number of hydrogen-bond donors (Lipinski definition) is 0. The number of unbranched alkanes of at least 4 members (excludes halogenated alkanes) is 1. The standard InChI is InChI=1S/C20H31ClN4O3/c1-6-7-10-25-18(21)16(15(2)22-25)8-9-17(26)23-11-13-24(14-12-23)19(27)28-20(3,4)5/h8-9H,6-7,10-14H2,1-5H3/b9-8+. The van der Waals surface area contributed by atoms with Crippen LogP contribution in [0.3, 0.4) is 0 Å². The Bertz CT molecular complexity index is 729. The molecule has 0 saturated carbocycles. The summed E-state index contributed by atoms with van der Waals surface area (Å²) in [6.07, 6.45) is 5.00. The van der Waals surface area contributed by atoms with Crippen LogP contribution in [0.2, 0.25) is 5.15 Å². The monoisotopic (exact) mass is 410 g/mol. The Hall–Kier alpha value is -2.02. The molecule has 0 spiro atoms. The van der Waals surface area contributed by atoms with Crippen molar-refractivity contribution in [2.45, 2.75) is 59.6 Å². The fraction of sp³-hybridized carbons (Fsp3) is 0.650. The van der Waals surface area contributed by atoms with Gasteiger partial charge in [0.2, 0.25) is 5.91 Å². The number of aryl methyl sites for hydroxylation is 2. The van der Waals surface area contributed by atoms with Crippen molar-refractivity contribution in [1.29, 1.82) is 0 Å². The van der Waals surface area contributed by atoms with Crippen molar-refractivity contribution >= 4 is 29.7 Å². The third-order valence-corrected chi connectivity index (χ3v) is 4.87. The van der Waals surface area contributed by atoms with Crippen LogP contribution in [0.1, 0.15) is 51.8 Å². The summed E-state index contributed by atoms with van der Waals surface area (Å²) in [7, 11) is 0. The molecular formula is C20H31ClN4O3. The van der Waals surface area contributed by atoms with Gasteiger partial charge in [-0.1, -0.05) is 24.9 Å².